The van der Waals surface area contributed by atoms with Crippen molar-refractivity contribution in [2.45, 2.75) is 52.1 Å². The van der Waals surface area contributed by atoms with Gasteiger partial charge in [0.15, 0.2) is 0 Å². The Morgan fingerprint density at radius 1 is 1.35 bits per heavy atom. The maximum Gasteiger partial charge on any atom is 0.223 e. The third-order valence-corrected chi connectivity index (χ3v) is 4.99. The highest BCUT2D eigenvalue weighted by Gasteiger charge is 2.31. The summed E-state index contributed by atoms with van der Waals surface area (Å²) in [7, 11) is 4.07. The molecule has 3 heterocycles. The van der Waals surface area contributed by atoms with Crippen LogP contribution in [0.4, 0.5) is 0 Å². The fourth-order valence-corrected chi connectivity index (χ4v) is 3.70. The summed E-state index contributed by atoms with van der Waals surface area (Å²) in [4.78, 5) is 21.8. The number of carbonyl (C=O) groups is 1. The molecule has 1 amide bonds. The molecular formula is C20H28N4O2. The smallest absolute Gasteiger partial charge is 0.223 e. The van der Waals surface area contributed by atoms with Gasteiger partial charge in [-0.3, -0.25) is 9.78 Å². The Labute approximate surface area is 155 Å². The topological polar surface area (TPSA) is 62.5 Å². The monoisotopic (exact) mass is 356 g/mol. The number of aryl methyl sites for hydroxylation is 2. The van der Waals surface area contributed by atoms with Crippen LogP contribution < -0.4 is 0 Å². The van der Waals surface area contributed by atoms with Gasteiger partial charge in [-0.1, -0.05) is 11.2 Å². The van der Waals surface area contributed by atoms with Crippen molar-refractivity contribution < 1.29 is 9.32 Å². The Bertz CT molecular complexity index is 749. The summed E-state index contributed by atoms with van der Waals surface area (Å²) in [5, 5.41) is 3.97. The zero-order chi connectivity index (χ0) is 18.7. The quantitative estimate of drug-likeness (QED) is 0.796. The highest BCUT2D eigenvalue weighted by molar-refractivity contribution is 5.77. The number of hydrogen-bond acceptors (Lipinski definition) is 5. The van der Waals surface area contributed by atoms with Crippen LogP contribution >= 0.6 is 0 Å². The van der Waals surface area contributed by atoms with Gasteiger partial charge in [0.25, 0.3) is 0 Å². The Morgan fingerprint density at radius 2 is 2.15 bits per heavy atom. The van der Waals surface area contributed by atoms with Crippen molar-refractivity contribution in [2.75, 3.05) is 20.6 Å². The van der Waals surface area contributed by atoms with E-state index < -0.39 is 0 Å². The molecule has 0 radical (unpaired) electrons. The lowest BCUT2D eigenvalue weighted by atomic mass is 10.1. The molecule has 0 saturated carbocycles. The number of rotatable bonds is 6. The van der Waals surface area contributed by atoms with Gasteiger partial charge in [0.2, 0.25) is 5.91 Å². The van der Waals surface area contributed by atoms with Crippen LogP contribution in [0.15, 0.2) is 22.7 Å². The van der Waals surface area contributed by atoms with Crippen molar-refractivity contribution in [1.29, 1.82) is 0 Å². The van der Waals surface area contributed by atoms with Crippen LogP contribution in [-0.4, -0.2) is 46.5 Å². The fourth-order valence-electron chi connectivity index (χ4n) is 3.70. The number of likely N-dealkylation sites (tertiary alicyclic amines) is 1. The van der Waals surface area contributed by atoms with E-state index in [1.54, 1.807) is 0 Å². The van der Waals surface area contributed by atoms with Gasteiger partial charge in [-0.25, -0.2) is 0 Å². The minimum Gasteiger partial charge on any atom is -0.361 e. The first-order chi connectivity index (χ1) is 12.5. The Kier molecular flexibility index (Phi) is 5.71. The van der Waals surface area contributed by atoms with Gasteiger partial charge in [-0.2, -0.15) is 0 Å². The molecule has 0 aliphatic carbocycles. The van der Waals surface area contributed by atoms with E-state index >= 15 is 0 Å². The zero-order valence-electron chi connectivity index (χ0n) is 16.2. The number of nitrogens with zero attached hydrogens (tertiary/aromatic N) is 4. The molecular weight excluding hydrogens is 328 g/mol. The number of carbonyl (C=O) groups excluding carboxylic acids is 1. The van der Waals surface area contributed by atoms with E-state index in [1.165, 1.54) is 0 Å². The molecule has 0 N–H and O–H groups in total. The van der Waals surface area contributed by atoms with Gasteiger partial charge in [0, 0.05) is 25.1 Å². The van der Waals surface area contributed by atoms with E-state index in [2.05, 4.69) is 10.1 Å². The van der Waals surface area contributed by atoms with E-state index in [0.717, 1.165) is 54.3 Å². The SMILES string of the molecule is Cc1noc(C)c1CCC(=O)N1CCC[C@@H]1c1cccc(CN(C)C)n1. The minimum absolute atomic E-state index is 0.0919. The third kappa shape index (κ3) is 4.12. The first-order valence-electron chi connectivity index (χ1n) is 9.27. The van der Waals surface area contributed by atoms with E-state index in [-0.39, 0.29) is 11.9 Å². The van der Waals surface area contributed by atoms with E-state index in [9.17, 15) is 4.79 Å². The largest absolute Gasteiger partial charge is 0.361 e. The first-order valence-corrected chi connectivity index (χ1v) is 9.27. The van der Waals surface area contributed by atoms with Crippen LogP contribution in [0.2, 0.25) is 0 Å². The normalized spacial score (nSPS) is 17.3. The summed E-state index contributed by atoms with van der Waals surface area (Å²) in [6.07, 6.45) is 3.17. The molecule has 6 nitrogen and oxygen atoms in total. The number of pyridine rings is 1. The van der Waals surface area contributed by atoms with Gasteiger partial charge in [-0.15, -0.1) is 0 Å². The number of hydrogen-bond donors (Lipinski definition) is 0. The van der Waals surface area contributed by atoms with Crippen LogP contribution in [0.1, 0.15) is 53.7 Å². The molecule has 1 fully saturated rings. The number of aromatic nitrogens is 2. The first kappa shape index (κ1) is 18.6. The van der Waals surface area contributed by atoms with Crippen molar-refractivity contribution >= 4 is 5.91 Å². The second-order valence-electron chi connectivity index (χ2n) is 7.34. The molecule has 0 bridgehead atoms. The zero-order valence-corrected chi connectivity index (χ0v) is 16.2. The van der Waals surface area contributed by atoms with E-state index in [1.807, 2.05) is 51.0 Å². The van der Waals surface area contributed by atoms with Gasteiger partial charge in [0.1, 0.15) is 5.76 Å². The summed E-state index contributed by atoms with van der Waals surface area (Å²) >= 11 is 0. The third-order valence-electron chi connectivity index (χ3n) is 4.99. The molecule has 6 heteroatoms. The fraction of sp³-hybridized carbons (Fsp3) is 0.550. The van der Waals surface area contributed by atoms with Crippen molar-refractivity contribution in [2.24, 2.45) is 0 Å². The van der Waals surface area contributed by atoms with Crippen molar-refractivity contribution in [3.8, 4) is 0 Å². The summed E-state index contributed by atoms with van der Waals surface area (Å²) in [5.41, 5.74) is 3.99. The molecule has 0 aromatic carbocycles. The lowest BCUT2D eigenvalue weighted by Crippen LogP contribution is -2.31. The molecule has 1 atom stereocenters. The Balaban J connectivity index is 1.68. The summed E-state index contributed by atoms with van der Waals surface area (Å²) in [6, 6.07) is 6.23. The summed E-state index contributed by atoms with van der Waals surface area (Å²) in [6.45, 7) is 5.44. The highest BCUT2D eigenvalue weighted by atomic mass is 16.5. The second-order valence-corrected chi connectivity index (χ2v) is 7.34. The lowest BCUT2D eigenvalue weighted by Gasteiger charge is -2.25. The van der Waals surface area contributed by atoms with E-state index in [4.69, 9.17) is 9.51 Å². The van der Waals surface area contributed by atoms with Crippen LogP contribution in [0.3, 0.4) is 0 Å². The van der Waals surface area contributed by atoms with Crippen LogP contribution in [0.5, 0.6) is 0 Å². The molecule has 1 saturated heterocycles. The second kappa shape index (κ2) is 7.99. The van der Waals surface area contributed by atoms with Gasteiger partial charge in [0.05, 0.1) is 23.1 Å². The molecule has 1 aliphatic heterocycles. The number of amides is 1. The molecule has 2 aromatic rings. The van der Waals surface area contributed by atoms with Gasteiger partial charge in [-0.05, 0) is 59.3 Å². The summed E-state index contributed by atoms with van der Waals surface area (Å²) < 4.78 is 5.20. The minimum atomic E-state index is 0.0919. The van der Waals surface area contributed by atoms with Crippen molar-refractivity contribution in [1.82, 2.24) is 19.9 Å². The Hall–Kier alpha value is -2.21. The van der Waals surface area contributed by atoms with Crippen molar-refractivity contribution in [3.63, 3.8) is 0 Å². The molecule has 140 valence electrons. The maximum absolute atomic E-state index is 12.8. The average Bonchev–Trinajstić information content (AvgIpc) is 3.20. The predicted octanol–water partition coefficient (Wildman–Crippen LogP) is 3.04. The molecule has 2 aromatic heterocycles. The lowest BCUT2D eigenvalue weighted by molar-refractivity contribution is -0.132. The van der Waals surface area contributed by atoms with Crippen LogP contribution in [0.25, 0.3) is 0 Å². The Morgan fingerprint density at radius 3 is 2.85 bits per heavy atom. The van der Waals surface area contributed by atoms with Gasteiger partial charge < -0.3 is 14.3 Å². The van der Waals surface area contributed by atoms with E-state index in [0.29, 0.717) is 12.8 Å². The molecule has 26 heavy (non-hydrogen) atoms. The van der Waals surface area contributed by atoms with Crippen LogP contribution in [0, 0.1) is 13.8 Å². The average molecular weight is 356 g/mol. The highest BCUT2D eigenvalue weighted by Crippen LogP contribution is 2.32. The maximum atomic E-state index is 12.8. The van der Waals surface area contributed by atoms with Crippen molar-refractivity contribution in [3.05, 3.63) is 46.6 Å². The molecule has 0 unspecified atom stereocenters. The van der Waals surface area contributed by atoms with Gasteiger partial charge >= 0.3 is 0 Å². The molecule has 3 rings (SSSR count). The van der Waals surface area contributed by atoms with Crippen LogP contribution in [-0.2, 0) is 17.8 Å². The predicted molar refractivity (Wildman–Crippen MR) is 99.6 cm³/mol. The summed E-state index contributed by atoms with van der Waals surface area (Å²) in [5.74, 6) is 0.999. The standard InChI is InChI=1S/C20H28N4O2/c1-14-17(15(2)26-22-14)10-11-20(25)24-12-6-9-19(24)18-8-5-7-16(21-18)13-23(3)4/h5,7-8,19H,6,9-13H2,1-4H3/t19-/m1/s1. The molecule has 1 aliphatic rings. The molecule has 0 spiro atoms.